The molecule has 0 saturated carbocycles. The van der Waals surface area contributed by atoms with Gasteiger partial charge in [-0.05, 0) is 44.7 Å². The van der Waals surface area contributed by atoms with E-state index in [0.717, 1.165) is 18.5 Å². The van der Waals surface area contributed by atoms with E-state index in [4.69, 9.17) is 0 Å². The van der Waals surface area contributed by atoms with E-state index in [9.17, 15) is 9.59 Å². The van der Waals surface area contributed by atoms with Crippen molar-refractivity contribution in [1.82, 2.24) is 10.2 Å². The molecule has 0 aromatic heterocycles. The summed E-state index contributed by atoms with van der Waals surface area (Å²) in [5.41, 5.74) is 2.07. The zero-order chi connectivity index (χ0) is 17.6. The molecule has 2 amide bonds. The fourth-order valence-electron chi connectivity index (χ4n) is 4.66. The van der Waals surface area contributed by atoms with Crippen LogP contribution in [0.25, 0.3) is 0 Å². The minimum atomic E-state index is -0.216. The quantitative estimate of drug-likeness (QED) is 0.916. The second-order valence-electron chi connectivity index (χ2n) is 7.95. The molecule has 1 aromatic rings. The minimum Gasteiger partial charge on any atom is -0.342 e. The number of piperidine rings is 1. The molecule has 3 aliphatic heterocycles. The molecule has 1 aromatic carbocycles. The maximum Gasteiger partial charge on any atom is 0.228 e. The third-order valence-corrected chi connectivity index (χ3v) is 6.16. The zero-order valence-electron chi connectivity index (χ0n) is 15.1. The monoisotopic (exact) mass is 341 g/mol. The standard InChI is InChI=1S/C20H27N3O2/c1-13-3-7-17(8-4-13)23-12-14(9-19(23)24)20(25)22(2)18-10-15-5-6-16(11-18)21-15/h3-4,7-8,14-16,18,21H,5-6,9-12H2,1-2H3. The van der Waals surface area contributed by atoms with Crippen LogP contribution in [-0.4, -0.2) is 48.4 Å². The molecule has 3 saturated heterocycles. The fraction of sp³-hybridized carbons (Fsp3) is 0.600. The molecule has 3 aliphatic rings. The Labute approximate surface area is 149 Å². The number of fused-ring (bicyclic) bond motifs is 2. The van der Waals surface area contributed by atoms with Crippen molar-refractivity contribution in [3.05, 3.63) is 29.8 Å². The molecule has 25 heavy (non-hydrogen) atoms. The van der Waals surface area contributed by atoms with Crippen LogP contribution in [0.4, 0.5) is 5.69 Å². The number of nitrogens with one attached hydrogen (secondary N) is 1. The number of nitrogens with zero attached hydrogens (tertiary/aromatic N) is 2. The number of amides is 2. The van der Waals surface area contributed by atoms with Gasteiger partial charge in [0.15, 0.2) is 0 Å². The molecular weight excluding hydrogens is 314 g/mol. The molecule has 2 bridgehead atoms. The summed E-state index contributed by atoms with van der Waals surface area (Å²) in [6.07, 6.45) is 4.87. The zero-order valence-corrected chi connectivity index (χ0v) is 15.1. The molecule has 134 valence electrons. The first-order chi connectivity index (χ1) is 12.0. The van der Waals surface area contributed by atoms with Gasteiger partial charge in [0.2, 0.25) is 11.8 Å². The van der Waals surface area contributed by atoms with Crippen LogP contribution in [0.5, 0.6) is 0 Å². The summed E-state index contributed by atoms with van der Waals surface area (Å²) in [4.78, 5) is 29.1. The van der Waals surface area contributed by atoms with Crippen molar-refractivity contribution in [3.63, 3.8) is 0 Å². The Kier molecular flexibility index (Phi) is 4.28. The van der Waals surface area contributed by atoms with Gasteiger partial charge >= 0.3 is 0 Å². The van der Waals surface area contributed by atoms with E-state index < -0.39 is 0 Å². The van der Waals surface area contributed by atoms with Crippen LogP contribution in [0.15, 0.2) is 24.3 Å². The largest absolute Gasteiger partial charge is 0.342 e. The Morgan fingerprint density at radius 2 is 1.80 bits per heavy atom. The first kappa shape index (κ1) is 16.6. The second-order valence-corrected chi connectivity index (χ2v) is 7.95. The molecule has 3 heterocycles. The van der Waals surface area contributed by atoms with E-state index in [1.165, 1.54) is 18.4 Å². The first-order valence-corrected chi connectivity index (χ1v) is 9.41. The Balaban J connectivity index is 1.42. The van der Waals surface area contributed by atoms with Crippen LogP contribution < -0.4 is 10.2 Å². The normalized spacial score (nSPS) is 31.4. The summed E-state index contributed by atoms with van der Waals surface area (Å²) in [5.74, 6) is -0.0263. The van der Waals surface area contributed by atoms with Crippen molar-refractivity contribution in [1.29, 1.82) is 0 Å². The highest BCUT2D eigenvalue weighted by Gasteiger charge is 2.41. The number of benzene rings is 1. The van der Waals surface area contributed by atoms with Gasteiger partial charge in [0.25, 0.3) is 0 Å². The molecular formula is C20H27N3O2. The van der Waals surface area contributed by atoms with Crippen LogP contribution >= 0.6 is 0 Å². The Morgan fingerprint density at radius 1 is 1.16 bits per heavy atom. The van der Waals surface area contributed by atoms with Crippen molar-refractivity contribution in [2.45, 2.75) is 57.2 Å². The molecule has 5 nitrogen and oxygen atoms in total. The number of carbonyl (C=O) groups is 2. The maximum absolute atomic E-state index is 13.0. The topological polar surface area (TPSA) is 52.7 Å². The van der Waals surface area contributed by atoms with Crippen molar-refractivity contribution in [2.24, 2.45) is 5.92 Å². The lowest BCUT2D eigenvalue weighted by Crippen LogP contribution is -2.50. The van der Waals surface area contributed by atoms with Crippen molar-refractivity contribution < 1.29 is 9.59 Å². The number of aryl methyl sites for hydroxylation is 1. The molecule has 1 N–H and O–H groups in total. The summed E-state index contributed by atoms with van der Waals surface area (Å²) < 4.78 is 0. The van der Waals surface area contributed by atoms with Crippen LogP contribution in [0.3, 0.4) is 0 Å². The van der Waals surface area contributed by atoms with Crippen molar-refractivity contribution in [2.75, 3.05) is 18.5 Å². The van der Waals surface area contributed by atoms with E-state index in [1.807, 2.05) is 43.1 Å². The van der Waals surface area contributed by atoms with Gasteiger partial charge < -0.3 is 15.1 Å². The molecule has 3 unspecified atom stereocenters. The van der Waals surface area contributed by atoms with Crippen molar-refractivity contribution in [3.8, 4) is 0 Å². The lowest BCUT2D eigenvalue weighted by Gasteiger charge is -2.36. The van der Waals surface area contributed by atoms with Gasteiger partial charge in [-0.15, -0.1) is 0 Å². The lowest BCUT2D eigenvalue weighted by molar-refractivity contribution is -0.137. The number of hydrogen-bond acceptors (Lipinski definition) is 3. The molecule has 0 spiro atoms. The predicted molar refractivity (Wildman–Crippen MR) is 97.4 cm³/mol. The van der Waals surface area contributed by atoms with Gasteiger partial charge in [-0.2, -0.15) is 0 Å². The molecule has 0 aliphatic carbocycles. The number of rotatable bonds is 3. The minimum absolute atomic E-state index is 0.0565. The van der Waals surface area contributed by atoms with Crippen LogP contribution in [0.2, 0.25) is 0 Å². The van der Waals surface area contributed by atoms with E-state index in [2.05, 4.69) is 5.32 Å². The Morgan fingerprint density at radius 3 is 2.44 bits per heavy atom. The number of hydrogen-bond donors (Lipinski definition) is 1. The molecule has 5 heteroatoms. The van der Waals surface area contributed by atoms with E-state index in [1.54, 1.807) is 4.90 Å². The SMILES string of the molecule is Cc1ccc(N2CC(C(=O)N(C)C3CC4CCC(C3)N4)CC2=O)cc1. The molecule has 3 atom stereocenters. The Hall–Kier alpha value is -1.88. The highest BCUT2D eigenvalue weighted by Crippen LogP contribution is 2.32. The summed E-state index contributed by atoms with van der Waals surface area (Å²) in [7, 11) is 1.93. The summed E-state index contributed by atoms with van der Waals surface area (Å²) in [5, 5.41) is 3.62. The molecule has 0 radical (unpaired) electrons. The highest BCUT2D eigenvalue weighted by atomic mass is 16.2. The van der Waals surface area contributed by atoms with Gasteiger partial charge in [-0.25, -0.2) is 0 Å². The first-order valence-electron chi connectivity index (χ1n) is 9.41. The van der Waals surface area contributed by atoms with E-state index in [0.29, 0.717) is 31.1 Å². The Bertz CT molecular complexity index is 660. The molecule has 4 rings (SSSR count). The van der Waals surface area contributed by atoms with Gasteiger partial charge in [-0.3, -0.25) is 9.59 Å². The predicted octanol–water partition coefficient (Wildman–Crippen LogP) is 2.09. The van der Waals surface area contributed by atoms with Crippen LogP contribution in [0, 0.1) is 12.8 Å². The van der Waals surface area contributed by atoms with Crippen LogP contribution in [-0.2, 0) is 9.59 Å². The average molecular weight is 341 g/mol. The average Bonchev–Trinajstić information content (AvgIpc) is 3.16. The smallest absolute Gasteiger partial charge is 0.228 e. The summed E-state index contributed by atoms with van der Waals surface area (Å²) >= 11 is 0. The lowest BCUT2D eigenvalue weighted by atomic mass is 9.97. The summed E-state index contributed by atoms with van der Waals surface area (Å²) in [6.45, 7) is 2.53. The maximum atomic E-state index is 13.0. The van der Waals surface area contributed by atoms with Crippen LogP contribution in [0.1, 0.15) is 37.7 Å². The van der Waals surface area contributed by atoms with Gasteiger partial charge in [0, 0.05) is 43.8 Å². The fourth-order valence-corrected chi connectivity index (χ4v) is 4.66. The third kappa shape index (κ3) is 3.17. The second kappa shape index (κ2) is 6.45. The number of anilines is 1. The van der Waals surface area contributed by atoms with E-state index >= 15 is 0 Å². The van der Waals surface area contributed by atoms with Gasteiger partial charge in [-0.1, -0.05) is 17.7 Å². The third-order valence-electron chi connectivity index (χ3n) is 6.16. The van der Waals surface area contributed by atoms with Gasteiger partial charge in [0.05, 0.1) is 5.92 Å². The molecule has 3 fully saturated rings. The van der Waals surface area contributed by atoms with E-state index in [-0.39, 0.29) is 17.7 Å². The van der Waals surface area contributed by atoms with Gasteiger partial charge in [0.1, 0.15) is 0 Å². The number of carbonyl (C=O) groups excluding carboxylic acids is 2. The highest BCUT2D eigenvalue weighted by molar-refractivity contribution is 6.00. The summed E-state index contributed by atoms with van der Waals surface area (Å²) in [6, 6.07) is 9.39. The van der Waals surface area contributed by atoms with Crippen molar-refractivity contribution >= 4 is 17.5 Å².